The van der Waals surface area contributed by atoms with Gasteiger partial charge in [0.1, 0.15) is 0 Å². The minimum absolute atomic E-state index is 0. The Bertz CT molecular complexity index is 942. The van der Waals surface area contributed by atoms with Crippen LogP contribution >= 0.6 is 0 Å². The summed E-state index contributed by atoms with van der Waals surface area (Å²) >= 11 is 0. The second-order valence-corrected chi connectivity index (χ2v) is 4.52. The number of fused-ring (bicyclic) bond motifs is 2. The Morgan fingerprint density at radius 1 is 0.682 bits per heavy atom. The van der Waals surface area contributed by atoms with E-state index in [2.05, 4.69) is 24.7 Å². The van der Waals surface area contributed by atoms with Crippen LogP contribution in [0.4, 0.5) is 0 Å². The molecule has 2 radical (unpaired) electrons. The summed E-state index contributed by atoms with van der Waals surface area (Å²) in [5.41, 5.74) is 1.72. The maximum atomic E-state index is 5.52. The second kappa shape index (κ2) is 7.09. The molecule has 0 saturated heterocycles. The SMILES string of the molecule is CC.[Y].[Y].[c-]1oc2cccc3c4[c-]oc5cccc(c1c23)c54. The fourth-order valence-corrected chi connectivity index (χ4v) is 2.86. The van der Waals surface area contributed by atoms with Crippen molar-refractivity contribution in [2.24, 2.45) is 0 Å². The van der Waals surface area contributed by atoms with E-state index >= 15 is 0 Å². The quantitative estimate of drug-likeness (QED) is 0.234. The zero-order valence-electron chi connectivity index (χ0n) is 12.4. The summed E-state index contributed by atoms with van der Waals surface area (Å²) in [6.07, 6.45) is 6.03. The largest absolute Gasteiger partial charge is 0.558 e. The van der Waals surface area contributed by atoms with Gasteiger partial charge in [-0.25, -0.2) is 0 Å². The Morgan fingerprint density at radius 2 is 1.09 bits per heavy atom. The molecule has 0 bridgehead atoms. The zero-order valence-corrected chi connectivity index (χ0v) is 18.1. The summed E-state index contributed by atoms with van der Waals surface area (Å²) in [6.45, 7) is 4.00. The van der Waals surface area contributed by atoms with Crippen molar-refractivity contribution in [1.29, 1.82) is 0 Å². The molecule has 104 valence electrons. The Labute approximate surface area is 178 Å². The average Bonchev–Trinajstić information content (AvgIpc) is 3.13. The van der Waals surface area contributed by atoms with E-state index in [1.54, 1.807) is 0 Å². The molecule has 0 aliphatic heterocycles. The molecule has 3 aromatic carbocycles. The van der Waals surface area contributed by atoms with Gasteiger partial charge in [0.25, 0.3) is 0 Å². The zero-order chi connectivity index (χ0) is 13.7. The van der Waals surface area contributed by atoms with Gasteiger partial charge in [-0.3, -0.25) is 0 Å². The van der Waals surface area contributed by atoms with Crippen LogP contribution in [0.2, 0.25) is 0 Å². The van der Waals surface area contributed by atoms with Gasteiger partial charge in [0, 0.05) is 89.1 Å². The molecule has 0 aliphatic rings. The van der Waals surface area contributed by atoms with Crippen molar-refractivity contribution in [1.82, 2.24) is 0 Å². The molecular formula is C18H12O2Y2-2. The van der Waals surface area contributed by atoms with E-state index < -0.39 is 0 Å². The minimum Gasteiger partial charge on any atom is -0.558 e. The van der Waals surface area contributed by atoms with Gasteiger partial charge >= 0.3 is 0 Å². The van der Waals surface area contributed by atoms with Crippen LogP contribution in [0.15, 0.2) is 45.2 Å². The molecule has 0 aliphatic carbocycles. The maximum Gasteiger partial charge on any atom is 0.0348 e. The average molecular weight is 438 g/mol. The summed E-state index contributed by atoms with van der Waals surface area (Å²) in [5, 5.41) is 6.49. The van der Waals surface area contributed by atoms with Crippen molar-refractivity contribution in [2.45, 2.75) is 13.8 Å². The first kappa shape index (κ1) is 18.1. The van der Waals surface area contributed by atoms with Crippen molar-refractivity contribution >= 4 is 43.5 Å². The van der Waals surface area contributed by atoms with Gasteiger partial charge in [0.2, 0.25) is 0 Å². The summed E-state index contributed by atoms with van der Waals surface area (Å²) in [4.78, 5) is 0. The molecule has 0 spiro atoms. The van der Waals surface area contributed by atoms with Crippen molar-refractivity contribution in [3.8, 4) is 0 Å². The van der Waals surface area contributed by atoms with E-state index in [1.165, 1.54) is 0 Å². The van der Waals surface area contributed by atoms with Crippen LogP contribution in [0, 0.1) is 12.5 Å². The van der Waals surface area contributed by atoms with Crippen LogP contribution in [0.1, 0.15) is 13.8 Å². The smallest absolute Gasteiger partial charge is 0.0348 e. The van der Waals surface area contributed by atoms with Crippen LogP contribution in [0.3, 0.4) is 0 Å². The topological polar surface area (TPSA) is 26.3 Å². The van der Waals surface area contributed by atoms with Crippen molar-refractivity contribution in [2.75, 3.05) is 0 Å². The minimum atomic E-state index is 0. The van der Waals surface area contributed by atoms with E-state index in [0.29, 0.717) is 0 Å². The van der Waals surface area contributed by atoms with Crippen molar-refractivity contribution < 1.29 is 74.3 Å². The van der Waals surface area contributed by atoms with E-state index in [9.17, 15) is 0 Å². The second-order valence-electron chi connectivity index (χ2n) is 4.52. The van der Waals surface area contributed by atoms with Gasteiger partial charge in [0.15, 0.2) is 0 Å². The van der Waals surface area contributed by atoms with Crippen molar-refractivity contribution in [3.63, 3.8) is 0 Å². The van der Waals surface area contributed by atoms with Crippen LogP contribution in [0.5, 0.6) is 0 Å². The van der Waals surface area contributed by atoms with Crippen LogP contribution in [-0.2, 0) is 65.4 Å². The Hall–Kier alpha value is -0.272. The normalized spacial score (nSPS) is 10.5. The first-order chi connectivity index (χ1) is 9.93. The molecule has 2 aromatic heterocycles. The fourth-order valence-electron chi connectivity index (χ4n) is 2.86. The van der Waals surface area contributed by atoms with Crippen LogP contribution < -0.4 is 0 Å². The monoisotopic (exact) mass is 438 g/mol. The summed E-state index contributed by atoms with van der Waals surface area (Å²) < 4.78 is 11.0. The molecule has 4 heteroatoms. The predicted octanol–water partition coefficient (Wildman–Crippen LogP) is 5.54. The third-order valence-electron chi connectivity index (χ3n) is 3.62. The molecule has 5 rings (SSSR count). The van der Waals surface area contributed by atoms with Gasteiger partial charge in [-0.05, 0) is 0 Å². The molecule has 0 saturated carbocycles. The standard InChI is InChI=1S/C16H6O2.C2H6.2Y/c1-3-9-11-7-18-14-6-2-4-10(16(11)14)12-8-17-13(5-1)15(9)12;1-2;;/h1-6H;1-2H3;;/q-2;;;. The Morgan fingerprint density at radius 3 is 1.50 bits per heavy atom. The molecule has 5 aromatic rings. The van der Waals surface area contributed by atoms with Crippen molar-refractivity contribution in [3.05, 3.63) is 48.9 Å². The molecule has 0 atom stereocenters. The van der Waals surface area contributed by atoms with Gasteiger partial charge in [0.05, 0.1) is 0 Å². The number of furan rings is 2. The van der Waals surface area contributed by atoms with Crippen LogP contribution in [0.25, 0.3) is 43.5 Å². The van der Waals surface area contributed by atoms with E-state index in [-0.39, 0.29) is 65.4 Å². The molecule has 0 amide bonds. The fraction of sp³-hybridized carbons (Fsp3) is 0.111. The number of hydrogen-bond acceptors (Lipinski definition) is 2. The first-order valence-electron chi connectivity index (χ1n) is 6.80. The molecule has 22 heavy (non-hydrogen) atoms. The van der Waals surface area contributed by atoms with E-state index in [1.807, 2.05) is 38.1 Å². The first-order valence-corrected chi connectivity index (χ1v) is 6.80. The third kappa shape index (κ3) is 2.40. The maximum absolute atomic E-state index is 5.52. The van der Waals surface area contributed by atoms with E-state index in [0.717, 1.165) is 43.5 Å². The van der Waals surface area contributed by atoms with E-state index in [4.69, 9.17) is 8.83 Å². The molecule has 0 unspecified atom stereocenters. The van der Waals surface area contributed by atoms with Crippen LogP contribution in [-0.4, -0.2) is 0 Å². The molecule has 0 N–H and O–H groups in total. The molecule has 0 fully saturated rings. The Kier molecular flexibility index (Phi) is 5.83. The van der Waals surface area contributed by atoms with Gasteiger partial charge < -0.3 is 8.83 Å². The van der Waals surface area contributed by atoms with Gasteiger partial charge in [-0.2, -0.15) is 0 Å². The Balaban J connectivity index is 0.000000425. The summed E-state index contributed by atoms with van der Waals surface area (Å²) in [6, 6.07) is 12.0. The van der Waals surface area contributed by atoms with Gasteiger partial charge in [-0.15, -0.1) is 44.5 Å². The molecule has 2 heterocycles. The third-order valence-corrected chi connectivity index (χ3v) is 3.62. The number of rotatable bonds is 0. The summed E-state index contributed by atoms with van der Waals surface area (Å²) in [7, 11) is 0. The molecular weight excluding hydrogens is 426 g/mol. The predicted molar refractivity (Wildman–Crippen MR) is 81.2 cm³/mol. The van der Waals surface area contributed by atoms with Gasteiger partial charge in [-0.1, -0.05) is 38.1 Å². The molecule has 2 nitrogen and oxygen atoms in total. The number of benzene rings is 3. The summed E-state index contributed by atoms with van der Waals surface area (Å²) in [5.74, 6) is 0. The number of hydrogen-bond donors (Lipinski definition) is 0.